The Balaban J connectivity index is 1.79. The number of aliphatic carboxylic acids is 1. The molecule has 2 aliphatic rings. The van der Waals surface area contributed by atoms with Crippen LogP contribution in [0.3, 0.4) is 0 Å². The first-order chi connectivity index (χ1) is 9.61. The van der Waals surface area contributed by atoms with Gasteiger partial charge in [0.15, 0.2) is 6.10 Å². The van der Waals surface area contributed by atoms with Crippen LogP contribution in [0.15, 0.2) is 0 Å². The SMILES string of the molecule is COC(CNC(=O)C1CCC2CCCCC2N1)C(=O)O. The molecule has 1 heterocycles. The lowest BCUT2D eigenvalue weighted by molar-refractivity contribution is -0.148. The molecule has 114 valence electrons. The average molecular weight is 284 g/mol. The number of carboxylic acid groups (broad SMARTS) is 1. The van der Waals surface area contributed by atoms with Crippen LogP contribution in [-0.2, 0) is 14.3 Å². The highest BCUT2D eigenvalue weighted by Gasteiger charge is 2.34. The second-order valence-electron chi connectivity index (χ2n) is 5.76. The number of fused-ring (bicyclic) bond motifs is 1. The molecule has 6 nitrogen and oxygen atoms in total. The summed E-state index contributed by atoms with van der Waals surface area (Å²) < 4.78 is 4.80. The molecule has 1 saturated carbocycles. The van der Waals surface area contributed by atoms with Gasteiger partial charge in [-0.3, -0.25) is 4.79 Å². The number of carbonyl (C=O) groups is 2. The van der Waals surface area contributed by atoms with Crippen LogP contribution in [0.1, 0.15) is 38.5 Å². The minimum Gasteiger partial charge on any atom is -0.479 e. The lowest BCUT2D eigenvalue weighted by Gasteiger charge is -2.39. The van der Waals surface area contributed by atoms with Crippen LogP contribution < -0.4 is 10.6 Å². The summed E-state index contributed by atoms with van der Waals surface area (Å²) in [5.41, 5.74) is 0. The zero-order valence-corrected chi connectivity index (χ0v) is 11.9. The monoisotopic (exact) mass is 284 g/mol. The maximum Gasteiger partial charge on any atom is 0.334 e. The number of rotatable bonds is 5. The van der Waals surface area contributed by atoms with Crippen molar-refractivity contribution in [2.24, 2.45) is 5.92 Å². The topological polar surface area (TPSA) is 87.7 Å². The van der Waals surface area contributed by atoms with Crippen LogP contribution in [0.5, 0.6) is 0 Å². The third-order valence-electron chi connectivity index (χ3n) is 4.49. The molecule has 0 aromatic carbocycles. The number of methoxy groups -OCH3 is 1. The van der Waals surface area contributed by atoms with Crippen LogP contribution in [0.25, 0.3) is 0 Å². The first-order valence-corrected chi connectivity index (χ1v) is 7.41. The highest BCUT2D eigenvalue weighted by atomic mass is 16.5. The molecule has 2 fully saturated rings. The fourth-order valence-electron chi connectivity index (χ4n) is 3.29. The summed E-state index contributed by atoms with van der Waals surface area (Å²) in [6.07, 6.45) is 5.87. The number of carboxylic acids is 1. The van der Waals surface area contributed by atoms with E-state index in [0.29, 0.717) is 12.0 Å². The van der Waals surface area contributed by atoms with E-state index in [0.717, 1.165) is 19.3 Å². The molecular weight excluding hydrogens is 260 g/mol. The third kappa shape index (κ3) is 3.70. The Morgan fingerprint density at radius 2 is 2.05 bits per heavy atom. The van der Waals surface area contributed by atoms with Gasteiger partial charge in [0, 0.05) is 13.2 Å². The van der Waals surface area contributed by atoms with Crippen molar-refractivity contribution in [3.8, 4) is 0 Å². The standard InChI is InChI=1S/C14H24N2O4/c1-20-12(14(18)19)8-15-13(17)11-7-6-9-4-2-3-5-10(9)16-11/h9-12,16H,2-8H2,1H3,(H,15,17)(H,18,19). The minimum atomic E-state index is -1.06. The fraction of sp³-hybridized carbons (Fsp3) is 0.857. The van der Waals surface area contributed by atoms with Crippen molar-refractivity contribution in [1.82, 2.24) is 10.6 Å². The Labute approximate surface area is 119 Å². The Morgan fingerprint density at radius 1 is 1.30 bits per heavy atom. The maximum absolute atomic E-state index is 12.1. The zero-order valence-electron chi connectivity index (χ0n) is 11.9. The van der Waals surface area contributed by atoms with Crippen molar-refractivity contribution in [2.75, 3.05) is 13.7 Å². The summed E-state index contributed by atoms with van der Waals surface area (Å²) in [7, 11) is 1.33. The summed E-state index contributed by atoms with van der Waals surface area (Å²) in [4.78, 5) is 22.9. The molecule has 1 amide bonds. The number of carbonyl (C=O) groups excluding carboxylic acids is 1. The van der Waals surface area contributed by atoms with E-state index in [-0.39, 0.29) is 18.5 Å². The molecule has 0 radical (unpaired) electrons. The molecule has 3 N–H and O–H groups in total. The van der Waals surface area contributed by atoms with Crippen molar-refractivity contribution >= 4 is 11.9 Å². The number of amides is 1. The van der Waals surface area contributed by atoms with Gasteiger partial charge in [-0.15, -0.1) is 0 Å². The Bertz CT molecular complexity index is 361. The van der Waals surface area contributed by atoms with E-state index >= 15 is 0 Å². The lowest BCUT2D eigenvalue weighted by Crippen LogP contribution is -2.55. The number of nitrogens with one attached hydrogen (secondary N) is 2. The van der Waals surface area contributed by atoms with E-state index in [9.17, 15) is 9.59 Å². The molecule has 0 aromatic heterocycles. The molecule has 20 heavy (non-hydrogen) atoms. The second kappa shape index (κ2) is 7.04. The van der Waals surface area contributed by atoms with Gasteiger partial charge in [0.25, 0.3) is 0 Å². The highest BCUT2D eigenvalue weighted by molar-refractivity contribution is 5.82. The van der Waals surface area contributed by atoms with Crippen molar-refractivity contribution in [1.29, 1.82) is 0 Å². The molecule has 4 unspecified atom stereocenters. The van der Waals surface area contributed by atoms with Gasteiger partial charge in [-0.25, -0.2) is 4.79 Å². The summed E-state index contributed by atoms with van der Waals surface area (Å²) in [5, 5.41) is 15.0. The highest BCUT2D eigenvalue weighted by Crippen LogP contribution is 2.32. The quantitative estimate of drug-likeness (QED) is 0.685. The van der Waals surface area contributed by atoms with Crippen LogP contribution in [0, 0.1) is 5.92 Å². The van der Waals surface area contributed by atoms with Gasteiger partial charge in [-0.2, -0.15) is 0 Å². The van der Waals surface area contributed by atoms with Gasteiger partial charge in [0.1, 0.15) is 0 Å². The first-order valence-electron chi connectivity index (χ1n) is 7.41. The van der Waals surface area contributed by atoms with Crippen LogP contribution in [0.4, 0.5) is 0 Å². The molecule has 4 atom stereocenters. The molecule has 1 aliphatic carbocycles. The molecule has 0 bridgehead atoms. The Hall–Kier alpha value is -1.14. The summed E-state index contributed by atoms with van der Waals surface area (Å²) in [6.45, 7) is 0.0109. The summed E-state index contributed by atoms with van der Waals surface area (Å²) in [5.74, 6) is -0.465. The third-order valence-corrected chi connectivity index (χ3v) is 4.49. The number of hydrogen-bond donors (Lipinski definition) is 3. The molecule has 0 spiro atoms. The molecule has 1 saturated heterocycles. The Kier molecular flexibility index (Phi) is 5.37. The van der Waals surface area contributed by atoms with Gasteiger partial charge in [0.2, 0.25) is 5.91 Å². The maximum atomic E-state index is 12.1. The minimum absolute atomic E-state index is 0.0109. The smallest absolute Gasteiger partial charge is 0.334 e. The molecule has 1 aliphatic heterocycles. The van der Waals surface area contributed by atoms with Gasteiger partial charge in [0.05, 0.1) is 12.6 Å². The molecular formula is C14H24N2O4. The summed E-state index contributed by atoms with van der Waals surface area (Å²) in [6, 6.07) is 0.256. The van der Waals surface area contributed by atoms with E-state index in [1.165, 1.54) is 26.4 Å². The predicted molar refractivity (Wildman–Crippen MR) is 73.3 cm³/mol. The van der Waals surface area contributed by atoms with E-state index in [2.05, 4.69) is 10.6 Å². The normalized spacial score (nSPS) is 31.1. The number of hydrogen-bond acceptors (Lipinski definition) is 4. The number of piperidine rings is 1. The molecule has 0 aromatic rings. The van der Waals surface area contributed by atoms with E-state index in [1.54, 1.807) is 0 Å². The summed E-state index contributed by atoms with van der Waals surface area (Å²) >= 11 is 0. The Morgan fingerprint density at radius 3 is 2.75 bits per heavy atom. The van der Waals surface area contributed by atoms with Gasteiger partial charge in [-0.1, -0.05) is 12.8 Å². The molecule has 2 rings (SSSR count). The van der Waals surface area contributed by atoms with Gasteiger partial charge < -0.3 is 20.5 Å². The van der Waals surface area contributed by atoms with E-state index in [1.807, 2.05) is 0 Å². The van der Waals surface area contributed by atoms with Crippen LogP contribution in [0.2, 0.25) is 0 Å². The first kappa shape index (κ1) is 15.3. The van der Waals surface area contributed by atoms with Gasteiger partial charge >= 0.3 is 5.97 Å². The van der Waals surface area contributed by atoms with Crippen molar-refractivity contribution in [3.63, 3.8) is 0 Å². The van der Waals surface area contributed by atoms with Crippen LogP contribution >= 0.6 is 0 Å². The van der Waals surface area contributed by atoms with Crippen molar-refractivity contribution < 1.29 is 19.4 Å². The zero-order chi connectivity index (χ0) is 14.5. The lowest BCUT2D eigenvalue weighted by atomic mass is 9.77. The fourth-order valence-corrected chi connectivity index (χ4v) is 3.29. The second-order valence-corrected chi connectivity index (χ2v) is 5.76. The van der Waals surface area contributed by atoms with E-state index < -0.39 is 12.1 Å². The van der Waals surface area contributed by atoms with Crippen molar-refractivity contribution in [3.05, 3.63) is 0 Å². The van der Waals surface area contributed by atoms with Crippen LogP contribution in [-0.4, -0.2) is 48.8 Å². The largest absolute Gasteiger partial charge is 0.479 e. The number of ether oxygens (including phenoxy) is 1. The average Bonchev–Trinajstić information content (AvgIpc) is 2.46. The van der Waals surface area contributed by atoms with E-state index in [4.69, 9.17) is 9.84 Å². The predicted octanol–water partition coefficient (Wildman–Crippen LogP) is 0.513. The molecule has 6 heteroatoms. The van der Waals surface area contributed by atoms with Gasteiger partial charge in [-0.05, 0) is 31.6 Å². The van der Waals surface area contributed by atoms with Crippen molar-refractivity contribution in [2.45, 2.75) is 56.7 Å².